The highest BCUT2D eigenvalue weighted by atomic mass is 16.5. The van der Waals surface area contributed by atoms with Gasteiger partial charge in [0.05, 0.1) is 36.5 Å². The Morgan fingerprint density at radius 3 is 2.67 bits per heavy atom. The molecular formula is C21H20N4O2. The molecule has 1 aliphatic heterocycles. The lowest BCUT2D eigenvalue weighted by Gasteiger charge is -2.30. The quantitative estimate of drug-likeness (QED) is 0.755. The highest BCUT2D eigenvalue weighted by Gasteiger charge is 2.21. The van der Waals surface area contributed by atoms with Crippen molar-refractivity contribution in [1.82, 2.24) is 9.97 Å². The number of phenols is 1. The number of nitriles is 1. The summed E-state index contributed by atoms with van der Waals surface area (Å²) in [5.41, 5.74) is 5.37. The number of benzene rings is 2. The molecule has 1 N–H and O–H groups in total. The fourth-order valence-electron chi connectivity index (χ4n) is 3.39. The fourth-order valence-corrected chi connectivity index (χ4v) is 3.39. The van der Waals surface area contributed by atoms with Crippen LogP contribution in [0.1, 0.15) is 11.1 Å². The Hall–Kier alpha value is -3.17. The summed E-state index contributed by atoms with van der Waals surface area (Å²) < 4.78 is 5.40. The van der Waals surface area contributed by atoms with E-state index in [2.05, 4.69) is 11.1 Å². The van der Waals surface area contributed by atoms with Crippen LogP contribution in [-0.4, -0.2) is 40.9 Å². The van der Waals surface area contributed by atoms with Crippen molar-refractivity contribution in [3.8, 4) is 22.9 Å². The van der Waals surface area contributed by atoms with Crippen molar-refractivity contribution >= 4 is 16.9 Å². The number of hydrogen-bond donors (Lipinski definition) is 1. The van der Waals surface area contributed by atoms with Gasteiger partial charge in [0, 0.05) is 6.54 Å². The van der Waals surface area contributed by atoms with E-state index in [0.717, 1.165) is 39.1 Å². The van der Waals surface area contributed by atoms with Gasteiger partial charge in [-0.3, -0.25) is 4.98 Å². The zero-order valence-corrected chi connectivity index (χ0v) is 15.3. The third-order valence-corrected chi connectivity index (χ3v) is 4.89. The van der Waals surface area contributed by atoms with Crippen LogP contribution < -0.4 is 4.90 Å². The molecule has 1 unspecified atom stereocenters. The van der Waals surface area contributed by atoms with E-state index in [4.69, 9.17) is 15.0 Å². The number of aryl methyl sites for hydroxylation is 2. The van der Waals surface area contributed by atoms with Gasteiger partial charge in [-0.2, -0.15) is 5.26 Å². The predicted molar refractivity (Wildman–Crippen MR) is 104 cm³/mol. The second-order valence-corrected chi connectivity index (χ2v) is 6.82. The van der Waals surface area contributed by atoms with Gasteiger partial charge in [0.25, 0.3) is 0 Å². The second-order valence-electron chi connectivity index (χ2n) is 6.82. The van der Waals surface area contributed by atoms with Crippen molar-refractivity contribution in [3.05, 3.63) is 47.7 Å². The molecule has 2 heterocycles. The molecule has 1 atom stereocenters. The molecule has 0 aliphatic carbocycles. The monoisotopic (exact) mass is 360 g/mol. The maximum absolute atomic E-state index is 10.0. The zero-order chi connectivity index (χ0) is 19.0. The molecule has 6 nitrogen and oxygen atoms in total. The smallest absolute Gasteiger partial charge is 0.161 e. The van der Waals surface area contributed by atoms with E-state index in [1.54, 1.807) is 6.20 Å². The Morgan fingerprint density at radius 1 is 1.15 bits per heavy atom. The van der Waals surface area contributed by atoms with E-state index in [0.29, 0.717) is 25.4 Å². The van der Waals surface area contributed by atoms with Crippen LogP contribution in [-0.2, 0) is 4.74 Å². The summed E-state index contributed by atoms with van der Waals surface area (Å²) in [5, 5.41) is 19.1. The van der Waals surface area contributed by atoms with Gasteiger partial charge in [-0.05, 0) is 60.4 Å². The van der Waals surface area contributed by atoms with Crippen LogP contribution >= 0.6 is 0 Å². The normalized spacial score (nSPS) is 17.1. The van der Waals surface area contributed by atoms with Crippen LogP contribution in [0, 0.1) is 25.2 Å². The van der Waals surface area contributed by atoms with Gasteiger partial charge in [-0.1, -0.05) is 6.07 Å². The van der Waals surface area contributed by atoms with Crippen LogP contribution in [0.3, 0.4) is 0 Å². The molecule has 3 aromatic rings. The fraction of sp³-hybridized carbons (Fsp3) is 0.286. The number of aromatic hydroxyl groups is 1. The summed E-state index contributed by atoms with van der Waals surface area (Å²) in [6, 6.07) is 12.1. The van der Waals surface area contributed by atoms with Gasteiger partial charge in [-0.25, -0.2) is 4.98 Å². The number of aromatic nitrogens is 2. The van der Waals surface area contributed by atoms with Crippen LogP contribution in [0.5, 0.6) is 5.75 Å². The Bertz CT molecular complexity index is 1030. The minimum atomic E-state index is -0.439. The number of morpholine rings is 1. The number of rotatable bonds is 2. The van der Waals surface area contributed by atoms with Crippen molar-refractivity contribution in [2.75, 3.05) is 24.6 Å². The molecule has 136 valence electrons. The number of nitrogens with zero attached hydrogens (tertiary/aromatic N) is 4. The largest absolute Gasteiger partial charge is 0.507 e. The first-order valence-corrected chi connectivity index (χ1v) is 8.89. The van der Waals surface area contributed by atoms with E-state index >= 15 is 0 Å². The summed E-state index contributed by atoms with van der Waals surface area (Å²) in [4.78, 5) is 11.3. The van der Waals surface area contributed by atoms with Gasteiger partial charge in [0.1, 0.15) is 11.6 Å². The molecular weight excluding hydrogens is 340 g/mol. The number of hydrogen-bond acceptors (Lipinski definition) is 6. The average Bonchev–Trinajstić information content (AvgIpc) is 2.70. The minimum Gasteiger partial charge on any atom is -0.507 e. The molecule has 1 aromatic heterocycles. The van der Waals surface area contributed by atoms with Crippen LogP contribution in [0.2, 0.25) is 0 Å². The highest BCUT2D eigenvalue weighted by molar-refractivity contribution is 5.82. The van der Waals surface area contributed by atoms with Crippen LogP contribution in [0.15, 0.2) is 36.5 Å². The van der Waals surface area contributed by atoms with Crippen LogP contribution in [0.4, 0.5) is 5.82 Å². The van der Waals surface area contributed by atoms with Crippen molar-refractivity contribution in [1.29, 1.82) is 5.26 Å². The zero-order valence-electron chi connectivity index (χ0n) is 15.3. The van der Waals surface area contributed by atoms with E-state index in [1.807, 2.05) is 49.1 Å². The molecule has 2 aromatic carbocycles. The summed E-state index contributed by atoms with van der Waals surface area (Å²) in [7, 11) is 0. The van der Waals surface area contributed by atoms with Gasteiger partial charge >= 0.3 is 0 Å². The first-order chi connectivity index (χ1) is 13.0. The molecule has 0 spiro atoms. The number of fused-ring (bicyclic) bond motifs is 1. The molecule has 6 heteroatoms. The lowest BCUT2D eigenvalue weighted by atomic mass is 9.99. The van der Waals surface area contributed by atoms with Crippen molar-refractivity contribution in [2.45, 2.75) is 20.0 Å². The van der Waals surface area contributed by atoms with Crippen molar-refractivity contribution in [2.24, 2.45) is 0 Å². The van der Waals surface area contributed by atoms with Gasteiger partial charge in [0.15, 0.2) is 6.10 Å². The lowest BCUT2D eigenvalue weighted by Crippen LogP contribution is -2.42. The molecule has 0 saturated carbocycles. The Balaban J connectivity index is 1.72. The van der Waals surface area contributed by atoms with Gasteiger partial charge < -0.3 is 14.7 Å². The second kappa shape index (κ2) is 6.86. The van der Waals surface area contributed by atoms with E-state index in [-0.39, 0.29) is 0 Å². The SMILES string of the molecule is Cc1cc(-c2ccc3ncc(N4CCOC(C#N)C4)nc3c2)cc(C)c1O. The number of anilines is 1. The summed E-state index contributed by atoms with van der Waals surface area (Å²) >= 11 is 0. The summed E-state index contributed by atoms with van der Waals surface area (Å²) in [5.74, 6) is 1.09. The highest BCUT2D eigenvalue weighted by Crippen LogP contribution is 2.30. The summed E-state index contributed by atoms with van der Waals surface area (Å²) in [6.45, 7) is 5.48. The van der Waals surface area contributed by atoms with E-state index in [9.17, 15) is 5.11 Å². The topological polar surface area (TPSA) is 82.3 Å². The predicted octanol–water partition coefficient (Wildman–Crippen LogP) is 3.35. The number of phenolic OH excluding ortho intramolecular Hbond substituents is 1. The van der Waals surface area contributed by atoms with Crippen molar-refractivity contribution < 1.29 is 9.84 Å². The Morgan fingerprint density at radius 2 is 1.93 bits per heavy atom. The molecule has 1 aliphatic rings. The summed E-state index contributed by atoms with van der Waals surface area (Å²) in [6.07, 6.45) is 1.31. The average molecular weight is 360 g/mol. The van der Waals surface area contributed by atoms with E-state index < -0.39 is 6.10 Å². The minimum absolute atomic E-state index is 0.334. The molecule has 4 rings (SSSR count). The van der Waals surface area contributed by atoms with Crippen LogP contribution in [0.25, 0.3) is 22.2 Å². The molecule has 0 radical (unpaired) electrons. The third kappa shape index (κ3) is 3.29. The Kier molecular flexibility index (Phi) is 4.38. The first-order valence-electron chi connectivity index (χ1n) is 8.89. The molecule has 27 heavy (non-hydrogen) atoms. The lowest BCUT2D eigenvalue weighted by molar-refractivity contribution is 0.0761. The standard InChI is InChI=1S/C21H20N4O2/c1-13-7-16(8-14(2)21(13)26)15-3-4-18-19(9-15)24-20(11-23-18)25-5-6-27-17(10-22)12-25/h3-4,7-9,11,17,26H,5-6,12H2,1-2H3. The molecule has 1 fully saturated rings. The maximum Gasteiger partial charge on any atom is 0.161 e. The van der Waals surface area contributed by atoms with E-state index in [1.165, 1.54) is 0 Å². The molecule has 0 bridgehead atoms. The third-order valence-electron chi connectivity index (χ3n) is 4.89. The van der Waals surface area contributed by atoms with Gasteiger partial charge in [0.2, 0.25) is 0 Å². The Labute approximate surface area is 157 Å². The molecule has 1 saturated heterocycles. The number of ether oxygens (including phenoxy) is 1. The molecule has 0 amide bonds. The maximum atomic E-state index is 10.0. The first kappa shape index (κ1) is 17.3. The van der Waals surface area contributed by atoms with Crippen molar-refractivity contribution in [3.63, 3.8) is 0 Å². The van der Waals surface area contributed by atoms with Gasteiger partial charge in [-0.15, -0.1) is 0 Å².